The van der Waals surface area contributed by atoms with Gasteiger partial charge in [-0.15, -0.1) is 0 Å². The maximum atomic E-state index is 11.4. The average molecular weight is 170 g/mol. The summed E-state index contributed by atoms with van der Waals surface area (Å²) in [6.45, 7) is 8.09. The van der Waals surface area contributed by atoms with Crippen molar-refractivity contribution in [3.05, 3.63) is 0 Å². The third-order valence-corrected chi connectivity index (χ3v) is 2.61. The van der Waals surface area contributed by atoms with Gasteiger partial charge in [0.25, 0.3) is 0 Å². The van der Waals surface area contributed by atoms with Crippen LogP contribution < -0.4 is 0 Å². The zero-order chi connectivity index (χ0) is 9.35. The Morgan fingerprint density at radius 2 is 2.08 bits per heavy atom. The van der Waals surface area contributed by atoms with Gasteiger partial charge in [-0.1, -0.05) is 13.8 Å². The van der Waals surface area contributed by atoms with Crippen LogP contribution in [0.5, 0.6) is 0 Å². The number of carbonyl (C=O) groups is 1. The third kappa shape index (κ3) is 1.79. The summed E-state index contributed by atoms with van der Waals surface area (Å²) >= 11 is 0. The van der Waals surface area contributed by atoms with Gasteiger partial charge in [-0.2, -0.15) is 0 Å². The van der Waals surface area contributed by atoms with Gasteiger partial charge in [0.1, 0.15) is 6.10 Å². The van der Waals surface area contributed by atoms with E-state index < -0.39 is 0 Å². The lowest BCUT2D eigenvalue weighted by molar-refractivity contribution is -0.170. The smallest absolute Gasteiger partial charge is 0.311 e. The second kappa shape index (κ2) is 3.08. The van der Waals surface area contributed by atoms with Crippen molar-refractivity contribution in [3.8, 4) is 0 Å². The van der Waals surface area contributed by atoms with Gasteiger partial charge in [-0.05, 0) is 32.6 Å². The van der Waals surface area contributed by atoms with Crippen LogP contribution in [-0.4, -0.2) is 12.1 Å². The third-order valence-electron chi connectivity index (χ3n) is 2.61. The van der Waals surface area contributed by atoms with Crippen LogP contribution in [0, 0.1) is 11.3 Å². The molecule has 0 N–H and O–H groups in total. The molecule has 70 valence electrons. The number of hydrogen-bond acceptors (Lipinski definition) is 2. The van der Waals surface area contributed by atoms with E-state index >= 15 is 0 Å². The maximum absolute atomic E-state index is 11.4. The Balaban J connectivity index is 2.58. The molecule has 1 saturated heterocycles. The molecule has 0 aromatic rings. The second-order valence-electron chi connectivity index (χ2n) is 4.61. The molecule has 1 heterocycles. The molecule has 1 aliphatic rings. The van der Waals surface area contributed by atoms with Gasteiger partial charge < -0.3 is 4.74 Å². The molecular formula is C10H18O2. The number of cyclic esters (lactones) is 1. The molecule has 0 aromatic heterocycles. The van der Waals surface area contributed by atoms with Crippen LogP contribution in [-0.2, 0) is 9.53 Å². The summed E-state index contributed by atoms with van der Waals surface area (Å²) in [5.74, 6) is 0.414. The van der Waals surface area contributed by atoms with Gasteiger partial charge in [0.05, 0.1) is 5.41 Å². The summed E-state index contributed by atoms with van der Waals surface area (Å²) in [5.41, 5.74) is -0.259. The fourth-order valence-corrected chi connectivity index (χ4v) is 1.43. The molecule has 0 amide bonds. The molecule has 1 fully saturated rings. The first-order valence-electron chi connectivity index (χ1n) is 4.64. The first kappa shape index (κ1) is 9.56. The number of rotatable bonds is 1. The number of ether oxygens (including phenoxy) is 1. The fourth-order valence-electron chi connectivity index (χ4n) is 1.43. The zero-order valence-electron chi connectivity index (χ0n) is 8.39. The minimum atomic E-state index is -0.259. The highest BCUT2D eigenvalue weighted by Crippen LogP contribution is 2.33. The van der Waals surface area contributed by atoms with Crippen molar-refractivity contribution in [2.24, 2.45) is 11.3 Å². The Bertz CT molecular complexity index is 182. The van der Waals surface area contributed by atoms with Crippen molar-refractivity contribution in [2.75, 3.05) is 0 Å². The molecule has 2 heteroatoms. The molecule has 1 aliphatic heterocycles. The second-order valence-corrected chi connectivity index (χ2v) is 4.61. The SMILES string of the molecule is CC(C)C1CCC(C)(C)C(=O)O1. The molecule has 0 aromatic carbocycles. The quantitative estimate of drug-likeness (QED) is 0.565. The molecule has 2 nitrogen and oxygen atoms in total. The summed E-state index contributed by atoms with van der Waals surface area (Å²) in [6.07, 6.45) is 2.11. The van der Waals surface area contributed by atoms with Crippen LogP contribution in [0.3, 0.4) is 0 Å². The molecule has 0 spiro atoms. The van der Waals surface area contributed by atoms with Crippen molar-refractivity contribution in [2.45, 2.75) is 46.6 Å². The van der Waals surface area contributed by atoms with E-state index in [1.807, 2.05) is 13.8 Å². The Hall–Kier alpha value is -0.530. The Morgan fingerprint density at radius 1 is 1.50 bits per heavy atom. The highest BCUT2D eigenvalue weighted by atomic mass is 16.5. The van der Waals surface area contributed by atoms with Crippen LogP contribution >= 0.6 is 0 Å². The minimum Gasteiger partial charge on any atom is -0.462 e. The van der Waals surface area contributed by atoms with E-state index in [1.54, 1.807) is 0 Å². The monoisotopic (exact) mass is 170 g/mol. The van der Waals surface area contributed by atoms with Crippen LogP contribution in [0.2, 0.25) is 0 Å². The van der Waals surface area contributed by atoms with Gasteiger partial charge in [0.15, 0.2) is 0 Å². The van der Waals surface area contributed by atoms with Gasteiger partial charge in [-0.3, -0.25) is 4.79 Å². The Labute approximate surface area is 74.3 Å². The number of esters is 1. The van der Waals surface area contributed by atoms with Gasteiger partial charge in [0, 0.05) is 0 Å². The molecule has 1 rings (SSSR count). The lowest BCUT2D eigenvalue weighted by Gasteiger charge is -2.34. The Morgan fingerprint density at radius 3 is 2.50 bits per heavy atom. The first-order chi connectivity index (χ1) is 5.43. The fraction of sp³-hybridized carbons (Fsp3) is 0.900. The lowest BCUT2D eigenvalue weighted by Crippen LogP contribution is -2.39. The normalized spacial score (nSPS) is 28.8. The maximum Gasteiger partial charge on any atom is 0.311 e. The summed E-state index contributed by atoms with van der Waals surface area (Å²) < 4.78 is 5.32. The standard InChI is InChI=1S/C10H18O2/c1-7(2)8-5-6-10(3,4)9(11)12-8/h7-8H,5-6H2,1-4H3. The molecule has 0 aliphatic carbocycles. The van der Waals surface area contributed by atoms with E-state index in [4.69, 9.17) is 4.74 Å². The Kier molecular flexibility index (Phi) is 2.45. The van der Waals surface area contributed by atoms with Gasteiger partial charge in [0.2, 0.25) is 0 Å². The van der Waals surface area contributed by atoms with E-state index in [9.17, 15) is 4.79 Å². The molecule has 0 saturated carbocycles. The van der Waals surface area contributed by atoms with Crippen LogP contribution in [0.15, 0.2) is 0 Å². The largest absolute Gasteiger partial charge is 0.462 e. The van der Waals surface area contributed by atoms with Gasteiger partial charge >= 0.3 is 5.97 Å². The molecule has 1 atom stereocenters. The molecule has 0 radical (unpaired) electrons. The average Bonchev–Trinajstić information content (AvgIpc) is 1.94. The van der Waals surface area contributed by atoms with E-state index in [1.165, 1.54) is 0 Å². The topological polar surface area (TPSA) is 26.3 Å². The van der Waals surface area contributed by atoms with Gasteiger partial charge in [-0.25, -0.2) is 0 Å². The summed E-state index contributed by atoms with van der Waals surface area (Å²) in [5, 5.41) is 0. The predicted molar refractivity (Wildman–Crippen MR) is 47.7 cm³/mol. The minimum absolute atomic E-state index is 0.0348. The summed E-state index contributed by atoms with van der Waals surface area (Å²) in [6, 6.07) is 0. The van der Waals surface area contributed by atoms with Crippen molar-refractivity contribution < 1.29 is 9.53 Å². The van der Waals surface area contributed by atoms with E-state index in [2.05, 4.69) is 13.8 Å². The van der Waals surface area contributed by atoms with Crippen molar-refractivity contribution >= 4 is 5.97 Å². The number of hydrogen-bond donors (Lipinski definition) is 0. The van der Waals surface area contributed by atoms with Crippen LogP contribution in [0.1, 0.15) is 40.5 Å². The molecular weight excluding hydrogens is 152 g/mol. The lowest BCUT2D eigenvalue weighted by atomic mass is 9.82. The van der Waals surface area contributed by atoms with E-state index in [0.29, 0.717) is 5.92 Å². The number of carbonyl (C=O) groups excluding carboxylic acids is 1. The van der Waals surface area contributed by atoms with Crippen LogP contribution in [0.4, 0.5) is 0 Å². The van der Waals surface area contributed by atoms with Crippen molar-refractivity contribution in [1.29, 1.82) is 0 Å². The molecule has 0 bridgehead atoms. The first-order valence-corrected chi connectivity index (χ1v) is 4.64. The highest BCUT2D eigenvalue weighted by Gasteiger charge is 2.37. The van der Waals surface area contributed by atoms with E-state index in [0.717, 1.165) is 12.8 Å². The summed E-state index contributed by atoms with van der Waals surface area (Å²) in [4.78, 5) is 11.4. The van der Waals surface area contributed by atoms with E-state index in [-0.39, 0.29) is 17.5 Å². The van der Waals surface area contributed by atoms with Crippen LogP contribution in [0.25, 0.3) is 0 Å². The predicted octanol–water partition coefficient (Wildman–Crippen LogP) is 2.37. The zero-order valence-corrected chi connectivity index (χ0v) is 8.39. The molecule has 1 unspecified atom stereocenters. The van der Waals surface area contributed by atoms with Crippen molar-refractivity contribution in [1.82, 2.24) is 0 Å². The van der Waals surface area contributed by atoms with Crippen molar-refractivity contribution in [3.63, 3.8) is 0 Å². The summed E-state index contributed by atoms with van der Waals surface area (Å²) in [7, 11) is 0. The highest BCUT2D eigenvalue weighted by molar-refractivity contribution is 5.76. The molecule has 12 heavy (non-hydrogen) atoms.